The summed E-state index contributed by atoms with van der Waals surface area (Å²) < 4.78 is 1.04. The van der Waals surface area contributed by atoms with E-state index in [0.29, 0.717) is 30.6 Å². The van der Waals surface area contributed by atoms with Crippen LogP contribution >= 0.6 is 11.3 Å². The monoisotopic (exact) mass is 456 g/mol. The van der Waals surface area contributed by atoms with Crippen molar-refractivity contribution >= 4 is 33.3 Å². The van der Waals surface area contributed by atoms with Gasteiger partial charge < -0.3 is 26.0 Å². The molecule has 0 bridgehead atoms. The molecule has 0 unspecified atom stereocenters. The molecule has 32 heavy (non-hydrogen) atoms. The van der Waals surface area contributed by atoms with E-state index in [2.05, 4.69) is 20.6 Å². The Bertz CT molecular complexity index is 1130. The summed E-state index contributed by atoms with van der Waals surface area (Å²) in [6.07, 6.45) is 3.15. The molecule has 10 heteroatoms. The van der Waals surface area contributed by atoms with E-state index >= 15 is 0 Å². The molecule has 5 N–H and O–H groups in total. The van der Waals surface area contributed by atoms with Gasteiger partial charge in [0.25, 0.3) is 0 Å². The predicted octanol–water partition coefficient (Wildman–Crippen LogP) is 2.24. The Balaban J connectivity index is 1.54. The molecular formula is C22H28N6O3S. The average molecular weight is 457 g/mol. The fraction of sp³-hybridized carbons (Fsp3) is 0.545. The van der Waals surface area contributed by atoms with E-state index in [9.17, 15) is 15.3 Å². The number of aliphatic hydroxyl groups excluding tert-OH is 3. The molecule has 9 nitrogen and oxygen atoms in total. The van der Waals surface area contributed by atoms with Gasteiger partial charge in [-0.3, -0.25) is 4.98 Å². The van der Waals surface area contributed by atoms with E-state index in [1.807, 2.05) is 19.9 Å². The summed E-state index contributed by atoms with van der Waals surface area (Å²) >= 11 is 1.56. The van der Waals surface area contributed by atoms with Crippen molar-refractivity contribution in [1.29, 1.82) is 0 Å². The van der Waals surface area contributed by atoms with E-state index in [1.54, 1.807) is 17.5 Å². The van der Waals surface area contributed by atoms with Crippen LogP contribution in [0.4, 0.5) is 11.8 Å². The SMILES string of the molecule is Cc1nc(NC2CC2)nc(N[C@@H]2C[C@H](CCO)[C@@H](O)[C@H]2O)c1-c1nc2c(C)nccc2s1. The van der Waals surface area contributed by atoms with Crippen molar-refractivity contribution in [2.45, 2.75) is 63.8 Å². The second kappa shape index (κ2) is 8.51. The molecule has 0 aliphatic heterocycles. The molecule has 4 atom stereocenters. The summed E-state index contributed by atoms with van der Waals surface area (Å²) in [5.41, 5.74) is 3.30. The Morgan fingerprint density at radius 3 is 2.59 bits per heavy atom. The lowest BCUT2D eigenvalue weighted by Gasteiger charge is -2.21. The standard InChI is InChI=1S/C22H28N6O3S/c1-10-16(21-27-17-11(2)23-7-5-15(17)32-21)20(28-22(24-10)25-13-3-4-13)26-14-9-12(6-8-29)18(30)19(14)31/h5,7,12-14,18-19,29-31H,3-4,6,8-9H2,1-2H3,(H2,24,25,26,28)/t12-,14+,18+,19-/m0/s1. The summed E-state index contributed by atoms with van der Waals surface area (Å²) in [7, 11) is 0. The van der Waals surface area contributed by atoms with Crippen molar-refractivity contribution in [3.05, 3.63) is 23.7 Å². The Hall–Kier alpha value is -2.40. The molecule has 0 aromatic carbocycles. The van der Waals surface area contributed by atoms with E-state index in [4.69, 9.17) is 9.97 Å². The Morgan fingerprint density at radius 1 is 1.06 bits per heavy atom. The Morgan fingerprint density at radius 2 is 1.88 bits per heavy atom. The van der Waals surface area contributed by atoms with E-state index in [1.165, 1.54) is 0 Å². The smallest absolute Gasteiger partial charge is 0.225 e. The van der Waals surface area contributed by atoms with Gasteiger partial charge >= 0.3 is 0 Å². The molecule has 0 amide bonds. The quantitative estimate of drug-likeness (QED) is 0.362. The third-order valence-electron chi connectivity index (χ3n) is 6.33. The van der Waals surface area contributed by atoms with Gasteiger partial charge in [-0.15, -0.1) is 11.3 Å². The summed E-state index contributed by atoms with van der Waals surface area (Å²) in [6, 6.07) is 1.96. The number of aliphatic hydroxyl groups is 3. The van der Waals surface area contributed by atoms with Gasteiger partial charge in [-0.1, -0.05) is 0 Å². The van der Waals surface area contributed by atoms with Crippen molar-refractivity contribution in [2.24, 2.45) is 5.92 Å². The lowest BCUT2D eigenvalue weighted by Crippen LogP contribution is -2.35. The zero-order valence-corrected chi connectivity index (χ0v) is 18.9. The van der Waals surface area contributed by atoms with Crippen LogP contribution in [0.15, 0.2) is 12.3 Å². The number of nitrogens with zero attached hydrogens (tertiary/aromatic N) is 4. The first-order valence-corrected chi connectivity index (χ1v) is 11.9. The van der Waals surface area contributed by atoms with Crippen molar-refractivity contribution in [1.82, 2.24) is 19.9 Å². The lowest BCUT2D eigenvalue weighted by atomic mass is 10.0. The number of hydrogen-bond donors (Lipinski definition) is 5. The van der Waals surface area contributed by atoms with Crippen LogP contribution in [-0.4, -0.2) is 66.2 Å². The normalized spacial score (nSPS) is 25.4. The van der Waals surface area contributed by atoms with Gasteiger partial charge in [0, 0.05) is 18.8 Å². The topological polar surface area (TPSA) is 136 Å². The number of aryl methyl sites for hydroxylation is 2. The maximum atomic E-state index is 10.6. The maximum absolute atomic E-state index is 10.6. The highest BCUT2D eigenvalue weighted by Gasteiger charge is 2.41. The second-order valence-electron chi connectivity index (χ2n) is 8.78. The summed E-state index contributed by atoms with van der Waals surface area (Å²) in [5.74, 6) is 0.973. The molecular weight excluding hydrogens is 428 g/mol. The fourth-order valence-electron chi connectivity index (χ4n) is 4.39. The summed E-state index contributed by atoms with van der Waals surface area (Å²) in [5, 5.41) is 37.9. The van der Waals surface area contributed by atoms with Crippen LogP contribution in [-0.2, 0) is 0 Å². The second-order valence-corrected chi connectivity index (χ2v) is 9.81. The number of hydrogen-bond acceptors (Lipinski definition) is 10. The van der Waals surface area contributed by atoms with Crippen LogP contribution in [0.3, 0.4) is 0 Å². The highest BCUT2D eigenvalue weighted by molar-refractivity contribution is 7.21. The van der Waals surface area contributed by atoms with Gasteiger partial charge in [0.2, 0.25) is 5.95 Å². The van der Waals surface area contributed by atoms with Crippen molar-refractivity contribution in [2.75, 3.05) is 17.2 Å². The van der Waals surface area contributed by atoms with Gasteiger partial charge in [-0.2, -0.15) is 4.98 Å². The first-order valence-electron chi connectivity index (χ1n) is 11.1. The molecule has 2 aliphatic carbocycles. The van der Waals surface area contributed by atoms with E-state index in [-0.39, 0.29) is 18.6 Å². The molecule has 0 saturated heterocycles. The molecule has 170 valence electrons. The summed E-state index contributed by atoms with van der Waals surface area (Å²) in [4.78, 5) is 18.6. The van der Waals surface area contributed by atoms with Gasteiger partial charge in [-0.25, -0.2) is 9.97 Å². The van der Waals surface area contributed by atoms with E-state index < -0.39 is 12.2 Å². The van der Waals surface area contributed by atoms with Crippen LogP contribution in [0.25, 0.3) is 20.8 Å². The van der Waals surface area contributed by atoms with Crippen LogP contribution in [0.5, 0.6) is 0 Å². The first-order chi connectivity index (χ1) is 15.4. The highest BCUT2D eigenvalue weighted by atomic mass is 32.1. The van der Waals surface area contributed by atoms with Gasteiger partial charge in [-0.05, 0) is 51.5 Å². The molecule has 3 aromatic rings. The first kappa shape index (κ1) is 21.4. The van der Waals surface area contributed by atoms with Crippen molar-refractivity contribution in [3.8, 4) is 10.6 Å². The Labute approximate surface area is 190 Å². The number of thiazole rings is 1. The molecule has 0 radical (unpaired) electrons. The van der Waals surface area contributed by atoms with Crippen LogP contribution in [0.1, 0.15) is 37.1 Å². The average Bonchev–Trinajstić information content (AvgIpc) is 3.40. The van der Waals surface area contributed by atoms with E-state index in [0.717, 1.165) is 45.0 Å². The van der Waals surface area contributed by atoms with Gasteiger partial charge in [0.15, 0.2) is 0 Å². The maximum Gasteiger partial charge on any atom is 0.225 e. The number of nitrogens with one attached hydrogen (secondary N) is 2. The third kappa shape index (κ3) is 4.03. The molecule has 3 aromatic heterocycles. The third-order valence-corrected chi connectivity index (χ3v) is 7.37. The predicted molar refractivity (Wildman–Crippen MR) is 124 cm³/mol. The van der Waals surface area contributed by atoms with Crippen LogP contribution in [0, 0.1) is 19.8 Å². The molecule has 2 fully saturated rings. The minimum atomic E-state index is -0.948. The van der Waals surface area contributed by atoms with Gasteiger partial charge in [0.05, 0.1) is 33.8 Å². The zero-order chi connectivity index (χ0) is 22.4. The highest BCUT2D eigenvalue weighted by Crippen LogP contribution is 2.39. The molecule has 2 aliphatic rings. The fourth-order valence-corrected chi connectivity index (χ4v) is 5.50. The zero-order valence-electron chi connectivity index (χ0n) is 18.1. The van der Waals surface area contributed by atoms with Crippen LogP contribution < -0.4 is 10.6 Å². The minimum absolute atomic E-state index is 0.0203. The number of aromatic nitrogens is 4. The number of pyridine rings is 1. The largest absolute Gasteiger partial charge is 0.396 e. The van der Waals surface area contributed by atoms with Crippen molar-refractivity contribution in [3.63, 3.8) is 0 Å². The molecule has 3 heterocycles. The number of fused-ring (bicyclic) bond motifs is 1. The molecule has 0 spiro atoms. The lowest BCUT2D eigenvalue weighted by molar-refractivity contribution is 0.0124. The Kier molecular flexibility index (Phi) is 5.70. The molecule has 2 saturated carbocycles. The number of rotatable bonds is 7. The van der Waals surface area contributed by atoms with Gasteiger partial charge in [0.1, 0.15) is 22.4 Å². The van der Waals surface area contributed by atoms with Crippen molar-refractivity contribution < 1.29 is 15.3 Å². The molecule has 5 rings (SSSR count). The van der Waals surface area contributed by atoms with Crippen LogP contribution in [0.2, 0.25) is 0 Å². The number of anilines is 2. The summed E-state index contributed by atoms with van der Waals surface area (Å²) in [6.45, 7) is 3.86. The minimum Gasteiger partial charge on any atom is -0.396 e.